The molecular formula is C17H22ClNO4. The van der Waals surface area contributed by atoms with Crippen molar-refractivity contribution in [2.75, 3.05) is 14.2 Å². The van der Waals surface area contributed by atoms with Crippen molar-refractivity contribution in [3.05, 3.63) is 34.9 Å². The quantitative estimate of drug-likeness (QED) is 0.829. The van der Waals surface area contributed by atoms with Gasteiger partial charge in [0.2, 0.25) is 5.91 Å². The molecule has 0 bridgehead atoms. The first-order chi connectivity index (χ1) is 10.9. The van der Waals surface area contributed by atoms with Crippen LogP contribution in [0.15, 0.2) is 24.3 Å². The van der Waals surface area contributed by atoms with Crippen LogP contribution < -0.4 is 0 Å². The molecule has 0 atom stereocenters. The molecule has 1 aromatic rings. The van der Waals surface area contributed by atoms with E-state index < -0.39 is 11.5 Å². The Labute approximate surface area is 141 Å². The van der Waals surface area contributed by atoms with E-state index in [1.165, 1.54) is 4.90 Å². The molecule has 23 heavy (non-hydrogen) atoms. The molecule has 0 spiro atoms. The second-order valence-electron chi connectivity index (χ2n) is 6.04. The number of carbonyl (C=O) groups is 2. The summed E-state index contributed by atoms with van der Waals surface area (Å²) >= 11 is 5.84. The number of amides is 1. The molecule has 6 heteroatoms. The second kappa shape index (κ2) is 7.32. The van der Waals surface area contributed by atoms with Crippen LogP contribution in [0.3, 0.4) is 0 Å². The van der Waals surface area contributed by atoms with Gasteiger partial charge in [0.1, 0.15) is 5.54 Å². The maximum absolute atomic E-state index is 12.3. The molecule has 1 aromatic carbocycles. The molecule has 1 saturated carbocycles. The van der Waals surface area contributed by atoms with Crippen LogP contribution in [-0.4, -0.2) is 47.7 Å². The number of methoxy groups -OCH3 is 1. The average Bonchev–Trinajstić information content (AvgIpc) is 2.48. The topological polar surface area (TPSA) is 66.8 Å². The number of aliphatic carboxylic acids is 1. The molecule has 5 nitrogen and oxygen atoms in total. The van der Waals surface area contributed by atoms with Gasteiger partial charge in [0.05, 0.1) is 6.10 Å². The number of carboxylic acids is 1. The first kappa shape index (κ1) is 17.8. The number of aryl methyl sites for hydroxylation is 1. The van der Waals surface area contributed by atoms with Crippen LogP contribution in [0.5, 0.6) is 0 Å². The van der Waals surface area contributed by atoms with E-state index >= 15 is 0 Å². The summed E-state index contributed by atoms with van der Waals surface area (Å²) in [7, 11) is 3.13. The van der Waals surface area contributed by atoms with E-state index in [2.05, 4.69) is 0 Å². The van der Waals surface area contributed by atoms with Crippen molar-refractivity contribution in [3.63, 3.8) is 0 Å². The van der Waals surface area contributed by atoms with E-state index in [9.17, 15) is 14.7 Å². The highest BCUT2D eigenvalue weighted by molar-refractivity contribution is 6.30. The predicted molar refractivity (Wildman–Crippen MR) is 87.6 cm³/mol. The predicted octanol–water partition coefficient (Wildman–Crippen LogP) is 2.75. The summed E-state index contributed by atoms with van der Waals surface area (Å²) in [6.07, 6.45) is 2.36. The smallest absolute Gasteiger partial charge is 0.329 e. The fourth-order valence-corrected chi connectivity index (χ4v) is 3.08. The molecule has 0 heterocycles. The van der Waals surface area contributed by atoms with Gasteiger partial charge in [-0.25, -0.2) is 4.79 Å². The van der Waals surface area contributed by atoms with Crippen LogP contribution in [0.4, 0.5) is 0 Å². The number of carboxylic acid groups (broad SMARTS) is 1. The number of hydrogen-bond acceptors (Lipinski definition) is 3. The Kier molecular flexibility index (Phi) is 5.65. The summed E-state index contributed by atoms with van der Waals surface area (Å²) in [5.41, 5.74) is -0.00113. The van der Waals surface area contributed by atoms with Gasteiger partial charge in [-0.05, 0) is 30.5 Å². The number of rotatable bonds is 7. The lowest BCUT2D eigenvalue weighted by Crippen LogP contribution is -2.64. The van der Waals surface area contributed by atoms with E-state index in [0.717, 1.165) is 12.0 Å². The highest BCUT2D eigenvalue weighted by atomic mass is 35.5. The van der Waals surface area contributed by atoms with Gasteiger partial charge in [0, 0.05) is 38.4 Å². The molecule has 1 fully saturated rings. The lowest BCUT2D eigenvalue weighted by Gasteiger charge is -2.48. The van der Waals surface area contributed by atoms with Crippen LogP contribution >= 0.6 is 11.6 Å². The number of carbonyl (C=O) groups excluding carboxylic acids is 1. The Bertz CT molecular complexity index is 566. The van der Waals surface area contributed by atoms with Crippen LogP contribution in [0.2, 0.25) is 5.02 Å². The Morgan fingerprint density at radius 2 is 1.96 bits per heavy atom. The normalized spacial score (nSPS) is 23.2. The third-order valence-electron chi connectivity index (χ3n) is 4.65. The summed E-state index contributed by atoms with van der Waals surface area (Å²) in [6, 6.07) is 7.52. The lowest BCUT2D eigenvalue weighted by molar-refractivity contribution is -0.175. The van der Waals surface area contributed by atoms with Crippen molar-refractivity contribution in [2.45, 2.75) is 43.7 Å². The molecule has 0 aromatic heterocycles. The number of halogens is 1. The first-order valence-electron chi connectivity index (χ1n) is 7.66. The molecule has 2 rings (SSSR count). The maximum atomic E-state index is 12.3. The largest absolute Gasteiger partial charge is 0.479 e. The SMILES string of the molecule is COC1CC(C(=O)O)(N(C)C(=O)CCCc2ccc(Cl)cc2)C1. The van der Waals surface area contributed by atoms with Crippen LogP contribution in [0.1, 0.15) is 31.2 Å². The molecule has 0 radical (unpaired) electrons. The Morgan fingerprint density at radius 1 is 1.35 bits per heavy atom. The van der Waals surface area contributed by atoms with Gasteiger partial charge in [-0.3, -0.25) is 4.79 Å². The van der Waals surface area contributed by atoms with Gasteiger partial charge < -0.3 is 14.7 Å². The van der Waals surface area contributed by atoms with Crippen LogP contribution in [0, 0.1) is 0 Å². The van der Waals surface area contributed by atoms with Crippen molar-refractivity contribution in [3.8, 4) is 0 Å². The van der Waals surface area contributed by atoms with E-state index in [-0.39, 0.29) is 12.0 Å². The third-order valence-corrected chi connectivity index (χ3v) is 4.90. The Morgan fingerprint density at radius 3 is 2.48 bits per heavy atom. The van der Waals surface area contributed by atoms with Gasteiger partial charge in [-0.1, -0.05) is 23.7 Å². The van der Waals surface area contributed by atoms with E-state index in [4.69, 9.17) is 16.3 Å². The fourth-order valence-electron chi connectivity index (χ4n) is 2.95. The number of benzene rings is 1. The van der Waals surface area contributed by atoms with Crippen molar-refractivity contribution in [2.24, 2.45) is 0 Å². The van der Waals surface area contributed by atoms with Gasteiger partial charge in [-0.15, -0.1) is 0 Å². The molecule has 1 amide bonds. The summed E-state index contributed by atoms with van der Waals surface area (Å²) in [4.78, 5) is 25.3. The lowest BCUT2D eigenvalue weighted by atomic mass is 9.72. The molecule has 0 unspecified atom stereocenters. The monoisotopic (exact) mass is 339 g/mol. The summed E-state index contributed by atoms with van der Waals surface area (Å²) in [5.74, 6) is -1.10. The molecule has 1 aliphatic carbocycles. The maximum Gasteiger partial charge on any atom is 0.329 e. The summed E-state index contributed by atoms with van der Waals surface area (Å²) in [6.45, 7) is 0. The Balaban J connectivity index is 1.87. The summed E-state index contributed by atoms with van der Waals surface area (Å²) < 4.78 is 5.16. The third kappa shape index (κ3) is 3.85. The van der Waals surface area contributed by atoms with Crippen molar-refractivity contribution >= 4 is 23.5 Å². The van der Waals surface area contributed by atoms with E-state index in [1.54, 1.807) is 14.2 Å². The number of nitrogens with zero attached hydrogens (tertiary/aromatic N) is 1. The molecular weight excluding hydrogens is 318 g/mol. The van der Waals surface area contributed by atoms with Crippen molar-refractivity contribution in [1.82, 2.24) is 4.90 Å². The van der Waals surface area contributed by atoms with E-state index in [1.807, 2.05) is 24.3 Å². The zero-order valence-corrected chi connectivity index (χ0v) is 14.2. The number of hydrogen-bond donors (Lipinski definition) is 1. The highest BCUT2D eigenvalue weighted by Gasteiger charge is 2.55. The Hall–Kier alpha value is -1.59. The molecule has 1 aliphatic rings. The molecule has 0 aliphatic heterocycles. The fraction of sp³-hybridized carbons (Fsp3) is 0.529. The highest BCUT2D eigenvalue weighted by Crippen LogP contribution is 2.39. The first-order valence-corrected chi connectivity index (χ1v) is 8.04. The number of likely N-dealkylation sites (N-methyl/N-ethyl adjacent to an activating group) is 1. The van der Waals surface area contributed by atoms with Crippen LogP contribution in [0.25, 0.3) is 0 Å². The molecule has 1 N–H and O–H groups in total. The zero-order chi connectivity index (χ0) is 17.0. The minimum Gasteiger partial charge on any atom is -0.479 e. The summed E-state index contributed by atoms with van der Waals surface area (Å²) in [5, 5.41) is 10.2. The standard InChI is InChI=1S/C17H22ClNO4/c1-19(17(16(21)22)10-14(11-17)23-2)15(20)5-3-4-12-6-8-13(18)9-7-12/h6-9,14H,3-5,10-11H2,1-2H3,(H,21,22). The van der Waals surface area contributed by atoms with Gasteiger partial charge in [0.15, 0.2) is 0 Å². The van der Waals surface area contributed by atoms with Crippen molar-refractivity contribution in [1.29, 1.82) is 0 Å². The average molecular weight is 340 g/mol. The molecule has 0 saturated heterocycles. The zero-order valence-electron chi connectivity index (χ0n) is 13.4. The van der Waals surface area contributed by atoms with Gasteiger partial charge >= 0.3 is 5.97 Å². The number of ether oxygens (including phenoxy) is 1. The molecule has 126 valence electrons. The van der Waals surface area contributed by atoms with Gasteiger partial charge in [-0.2, -0.15) is 0 Å². The second-order valence-corrected chi connectivity index (χ2v) is 6.47. The minimum absolute atomic E-state index is 0.0876. The van der Waals surface area contributed by atoms with E-state index in [0.29, 0.717) is 30.7 Å². The van der Waals surface area contributed by atoms with Gasteiger partial charge in [0.25, 0.3) is 0 Å². The van der Waals surface area contributed by atoms with Crippen LogP contribution in [-0.2, 0) is 20.7 Å². The van der Waals surface area contributed by atoms with Crippen molar-refractivity contribution < 1.29 is 19.4 Å². The minimum atomic E-state index is -1.11.